The Bertz CT molecular complexity index is 626. The molecule has 0 spiro atoms. The van der Waals surface area contributed by atoms with Gasteiger partial charge in [-0.3, -0.25) is 0 Å². The summed E-state index contributed by atoms with van der Waals surface area (Å²) in [4.78, 5) is 0. The second kappa shape index (κ2) is 7.72. The molecule has 2 aromatic carbocycles. The predicted octanol–water partition coefficient (Wildman–Crippen LogP) is 5.41. The van der Waals surface area contributed by atoms with Crippen LogP contribution in [0.2, 0.25) is 0 Å². The van der Waals surface area contributed by atoms with E-state index < -0.39 is 0 Å². The van der Waals surface area contributed by atoms with Crippen molar-refractivity contribution in [3.05, 3.63) is 60.7 Å². The number of halogens is 4. The molecule has 0 aliphatic carbocycles. The van der Waals surface area contributed by atoms with Gasteiger partial charge in [0.2, 0.25) is 0 Å². The minimum absolute atomic E-state index is 0.274. The molecule has 0 radical (unpaired) electrons. The van der Waals surface area contributed by atoms with E-state index in [4.69, 9.17) is 4.74 Å². The Hall–Kier alpha value is -0.430. The Morgan fingerprint density at radius 3 is 2.29 bits per heavy atom. The molecular weight excluding hydrogens is 469 g/mol. The molecule has 2 nitrogen and oxygen atoms in total. The number of hydrogen-bond donors (Lipinski definition) is 1. The van der Waals surface area contributed by atoms with Gasteiger partial charge < -0.3 is 10.1 Å². The summed E-state index contributed by atoms with van der Waals surface area (Å²) in [5.74, 6) is 0.454. The largest absolute Gasteiger partial charge is 0.486 e. The summed E-state index contributed by atoms with van der Waals surface area (Å²) in [6.45, 7) is 1.13. The van der Waals surface area contributed by atoms with Crippen LogP contribution in [-0.2, 0) is 13.2 Å². The third-order valence-electron chi connectivity index (χ3n) is 2.83. The molecule has 0 atom stereocenters. The van der Waals surface area contributed by atoms with E-state index in [1.165, 1.54) is 12.1 Å². The maximum Gasteiger partial charge on any atom is 0.148 e. The molecular formula is C15H13Br3FNO. The Balaban J connectivity index is 2.16. The summed E-state index contributed by atoms with van der Waals surface area (Å²) >= 11 is 10.4. The summed E-state index contributed by atoms with van der Waals surface area (Å²) in [6, 6.07) is 8.57. The molecule has 0 unspecified atom stereocenters. The average molecular weight is 482 g/mol. The SMILES string of the molecule is CNCc1cc(Br)c(OCc2ccc(F)cc2Br)c(Br)c1. The van der Waals surface area contributed by atoms with Crippen LogP contribution in [0.1, 0.15) is 11.1 Å². The van der Waals surface area contributed by atoms with Crippen LogP contribution in [0.5, 0.6) is 5.75 Å². The molecule has 0 heterocycles. The van der Waals surface area contributed by atoms with Crippen LogP contribution in [0.3, 0.4) is 0 Å². The zero-order valence-electron chi connectivity index (χ0n) is 11.2. The third-order valence-corrected chi connectivity index (χ3v) is 4.74. The fraction of sp³-hybridized carbons (Fsp3) is 0.200. The van der Waals surface area contributed by atoms with E-state index in [2.05, 4.69) is 53.1 Å². The van der Waals surface area contributed by atoms with E-state index in [-0.39, 0.29) is 5.82 Å². The van der Waals surface area contributed by atoms with Crippen LogP contribution in [0.15, 0.2) is 43.7 Å². The maximum atomic E-state index is 13.1. The molecule has 0 aliphatic heterocycles. The van der Waals surface area contributed by atoms with Gasteiger partial charge in [0, 0.05) is 16.6 Å². The Morgan fingerprint density at radius 1 is 1.05 bits per heavy atom. The van der Waals surface area contributed by atoms with Gasteiger partial charge in [-0.25, -0.2) is 4.39 Å². The second-order valence-corrected chi connectivity index (χ2v) is 7.01. The standard InChI is InChI=1S/C15H13Br3FNO/c1-20-7-9-4-13(17)15(14(18)5-9)21-8-10-2-3-11(19)6-12(10)16/h2-6,20H,7-8H2,1H3. The molecule has 21 heavy (non-hydrogen) atoms. The topological polar surface area (TPSA) is 21.3 Å². The van der Waals surface area contributed by atoms with Crippen LogP contribution in [0.25, 0.3) is 0 Å². The highest BCUT2D eigenvalue weighted by molar-refractivity contribution is 9.11. The molecule has 0 amide bonds. The van der Waals surface area contributed by atoms with Gasteiger partial charge in [0.15, 0.2) is 0 Å². The molecule has 1 N–H and O–H groups in total. The fourth-order valence-corrected chi connectivity index (χ4v) is 3.82. The number of ether oxygens (including phenoxy) is 1. The molecule has 0 saturated carbocycles. The summed E-state index contributed by atoms with van der Waals surface area (Å²) in [5.41, 5.74) is 2.03. The zero-order valence-corrected chi connectivity index (χ0v) is 16.0. The first-order valence-corrected chi connectivity index (χ1v) is 8.58. The van der Waals surface area contributed by atoms with Crippen molar-refractivity contribution >= 4 is 47.8 Å². The smallest absolute Gasteiger partial charge is 0.148 e. The summed E-state index contributed by atoms with van der Waals surface area (Å²) in [5, 5.41) is 3.10. The lowest BCUT2D eigenvalue weighted by molar-refractivity contribution is 0.301. The third kappa shape index (κ3) is 4.52. The van der Waals surface area contributed by atoms with Crippen molar-refractivity contribution in [1.29, 1.82) is 0 Å². The molecule has 0 aliphatic rings. The van der Waals surface area contributed by atoms with Crippen molar-refractivity contribution in [3.63, 3.8) is 0 Å². The van der Waals surface area contributed by atoms with E-state index in [0.717, 1.165) is 32.4 Å². The van der Waals surface area contributed by atoms with E-state index in [1.54, 1.807) is 6.07 Å². The molecule has 6 heteroatoms. The lowest BCUT2D eigenvalue weighted by Gasteiger charge is -2.13. The molecule has 2 aromatic rings. The van der Waals surface area contributed by atoms with Crippen molar-refractivity contribution < 1.29 is 9.13 Å². The van der Waals surface area contributed by atoms with Crippen molar-refractivity contribution in [1.82, 2.24) is 5.32 Å². The summed E-state index contributed by atoms with van der Waals surface area (Å²) in [6.07, 6.45) is 0. The van der Waals surface area contributed by atoms with Gasteiger partial charge in [-0.1, -0.05) is 22.0 Å². The normalized spacial score (nSPS) is 10.7. The first-order valence-electron chi connectivity index (χ1n) is 6.20. The zero-order chi connectivity index (χ0) is 15.4. The van der Waals surface area contributed by atoms with Crippen molar-refractivity contribution in [2.24, 2.45) is 0 Å². The molecule has 0 bridgehead atoms. The fourth-order valence-electron chi connectivity index (χ4n) is 1.85. The Morgan fingerprint density at radius 2 is 1.71 bits per heavy atom. The Kier molecular flexibility index (Phi) is 6.22. The van der Waals surface area contributed by atoms with Crippen LogP contribution >= 0.6 is 47.8 Å². The highest BCUT2D eigenvalue weighted by Crippen LogP contribution is 2.35. The minimum Gasteiger partial charge on any atom is -0.486 e. The Labute approximate surface area is 148 Å². The quantitative estimate of drug-likeness (QED) is 0.616. The van der Waals surface area contributed by atoms with Crippen molar-refractivity contribution in [2.75, 3.05) is 7.05 Å². The van der Waals surface area contributed by atoms with Crippen LogP contribution in [-0.4, -0.2) is 7.05 Å². The summed E-state index contributed by atoms with van der Waals surface area (Å²) < 4.78 is 21.4. The van der Waals surface area contributed by atoms with E-state index in [9.17, 15) is 4.39 Å². The van der Waals surface area contributed by atoms with Crippen LogP contribution in [0, 0.1) is 5.82 Å². The van der Waals surface area contributed by atoms with Gasteiger partial charge in [0.25, 0.3) is 0 Å². The maximum absolute atomic E-state index is 13.1. The van der Waals surface area contributed by atoms with E-state index in [1.807, 2.05) is 19.2 Å². The van der Waals surface area contributed by atoms with Gasteiger partial charge in [-0.05, 0) is 68.7 Å². The summed E-state index contributed by atoms with van der Waals surface area (Å²) in [7, 11) is 1.90. The van der Waals surface area contributed by atoms with Crippen LogP contribution in [0.4, 0.5) is 4.39 Å². The molecule has 2 rings (SSSR count). The lowest BCUT2D eigenvalue weighted by atomic mass is 10.2. The molecule has 0 fully saturated rings. The molecule has 112 valence electrons. The first-order chi connectivity index (χ1) is 10.0. The predicted molar refractivity (Wildman–Crippen MR) is 93.0 cm³/mol. The molecule has 0 aromatic heterocycles. The van der Waals surface area contributed by atoms with Crippen molar-refractivity contribution in [2.45, 2.75) is 13.2 Å². The van der Waals surface area contributed by atoms with Gasteiger partial charge in [-0.2, -0.15) is 0 Å². The monoisotopic (exact) mass is 479 g/mol. The molecule has 0 saturated heterocycles. The van der Waals surface area contributed by atoms with E-state index >= 15 is 0 Å². The second-order valence-electron chi connectivity index (χ2n) is 4.44. The number of hydrogen-bond acceptors (Lipinski definition) is 2. The van der Waals surface area contributed by atoms with Gasteiger partial charge in [-0.15, -0.1) is 0 Å². The highest BCUT2D eigenvalue weighted by atomic mass is 79.9. The minimum atomic E-state index is -0.274. The first kappa shape index (κ1) is 16.9. The van der Waals surface area contributed by atoms with E-state index in [0.29, 0.717) is 11.1 Å². The van der Waals surface area contributed by atoms with Crippen molar-refractivity contribution in [3.8, 4) is 5.75 Å². The average Bonchev–Trinajstić information content (AvgIpc) is 2.40. The number of nitrogens with one attached hydrogen (secondary N) is 1. The van der Waals surface area contributed by atoms with Crippen LogP contribution < -0.4 is 10.1 Å². The highest BCUT2D eigenvalue weighted by Gasteiger charge is 2.10. The number of rotatable bonds is 5. The van der Waals surface area contributed by atoms with Gasteiger partial charge in [0.05, 0.1) is 8.95 Å². The number of benzene rings is 2. The lowest BCUT2D eigenvalue weighted by Crippen LogP contribution is -2.05. The van der Waals surface area contributed by atoms with Gasteiger partial charge >= 0.3 is 0 Å². The van der Waals surface area contributed by atoms with Gasteiger partial charge in [0.1, 0.15) is 18.2 Å².